The van der Waals surface area contributed by atoms with Gasteiger partial charge in [-0.3, -0.25) is 0 Å². The predicted molar refractivity (Wildman–Crippen MR) is 203 cm³/mol. The quantitative estimate of drug-likeness (QED) is 0.0851. The van der Waals surface area contributed by atoms with Gasteiger partial charge in [-0.05, 0) is 96.1 Å². The third-order valence-electron chi connectivity index (χ3n) is 7.36. The molecule has 0 saturated carbocycles. The number of rotatable bonds is 12. The van der Waals surface area contributed by atoms with E-state index in [1.807, 2.05) is 48.5 Å². The fourth-order valence-corrected chi connectivity index (χ4v) is 6.55. The first-order valence-electron chi connectivity index (χ1n) is 15.8. The number of carboxylic acids is 1. The van der Waals surface area contributed by atoms with Crippen molar-refractivity contribution in [1.29, 1.82) is 0 Å². The molecule has 0 aliphatic rings. The van der Waals surface area contributed by atoms with Crippen molar-refractivity contribution in [3.05, 3.63) is 179 Å². The molecule has 0 aliphatic carbocycles. The van der Waals surface area contributed by atoms with E-state index < -0.39 is 11.9 Å². The number of nitrogens with one attached hydrogen (secondary N) is 2. The Morgan fingerprint density at radius 3 is 1.41 bits per heavy atom. The van der Waals surface area contributed by atoms with Gasteiger partial charge in [0.15, 0.2) is 0 Å². The summed E-state index contributed by atoms with van der Waals surface area (Å²) < 4.78 is 31.0. The van der Waals surface area contributed by atoms with Crippen molar-refractivity contribution < 1.29 is 28.2 Å². The van der Waals surface area contributed by atoms with E-state index in [0.717, 1.165) is 21.3 Å². The molecule has 0 spiro atoms. The van der Waals surface area contributed by atoms with Gasteiger partial charge in [0, 0.05) is 32.7 Å². The first kappa shape index (κ1) is 36.7. The zero-order valence-electron chi connectivity index (χ0n) is 27.5. The molecule has 10 heteroatoms. The van der Waals surface area contributed by atoms with Gasteiger partial charge in [-0.2, -0.15) is 0 Å². The molecule has 6 aromatic rings. The van der Waals surface area contributed by atoms with E-state index >= 15 is 0 Å². The van der Waals surface area contributed by atoms with Crippen LogP contribution in [0.25, 0.3) is 0 Å². The number of thioether (sulfide) groups is 2. The van der Waals surface area contributed by atoms with Crippen LogP contribution in [0.5, 0.6) is 0 Å². The molecule has 0 fully saturated rings. The summed E-state index contributed by atoms with van der Waals surface area (Å²) in [7, 11) is 1.35. The van der Waals surface area contributed by atoms with Crippen LogP contribution in [0.1, 0.15) is 31.8 Å². The molecular formula is C41H34F2N2O4S2. The first-order chi connectivity index (χ1) is 24.8. The molecule has 3 N–H and O–H groups in total. The van der Waals surface area contributed by atoms with Gasteiger partial charge in [0.25, 0.3) is 0 Å². The predicted octanol–water partition coefficient (Wildman–Crippen LogP) is 11.2. The lowest BCUT2D eigenvalue weighted by Crippen LogP contribution is -2.05. The van der Waals surface area contributed by atoms with Gasteiger partial charge in [0.05, 0.1) is 29.6 Å². The van der Waals surface area contributed by atoms with Gasteiger partial charge in [-0.1, -0.05) is 60.7 Å². The normalized spacial score (nSPS) is 10.4. The minimum absolute atomic E-state index is 0.174. The topological polar surface area (TPSA) is 87.7 Å². The van der Waals surface area contributed by atoms with Crippen LogP contribution in [-0.2, 0) is 16.2 Å². The van der Waals surface area contributed by atoms with Crippen LogP contribution in [-0.4, -0.2) is 24.2 Å². The third kappa shape index (κ3) is 11.2. The van der Waals surface area contributed by atoms with E-state index in [-0.39, 0.29) is 17.2 Å². The van der Waals surface area contributed by atoms with E-state index in [4.69, 9.17) is 4.74 Å². The van der Waals surface area contributed by atoms with Gasteiger partial charge in [0.1, 0.15) is 11.6 Å². The molecule has 6 nitrogen and oxygen atoms in total. The Morgan fingerprint density at radius 2 is 1.00 bits per heavy atom. The molecule has 0 heterocycles. The maximum Gasteiger partial charge on any atom is 0.339 e. The number of carboxylic acid groups (broad SMARTS) is 1. The number of hydrogen-bond donors (Lipinski definition) is 3. The molecule has 0 bridgehead atoms. The second kappa shape index (κ2) is 18.4. The summed E-state index contributed by atoms with van der Waals surface area (Å²) in [6, 6.07) is 42.8. The molecular weight excluding hydrogens is 687 g/mol. The molecule has 0 aliphatic heterocycles. The van der Waals surface area contributed by atoms with Crippen LogP contribution in [0.15, 0.2) is 155 Å². The van der Waals surface area contributed by atoms with Crippen LogP contribution >= 0.6 is 23.5 Å². The summed E-state index contributed by atoms with van der Waals surface area (Å²) in [5.41, 5.74) is 5.47. The van der Waals surface area contributed by atoms with E-state index in [1.54, 1.807) is 72.1 Å². The smallest absolute Gasteiger partial charge is 0.339 e. The summed E-state index contributed by atoms with van der Waals surface area (Å²) in [6.45, 7) is 0. The van der Waals surface area contributed by atoms with Crippen molar-refractivity contribution in [2.75, 3.05) is 17.7 Å². The van der Waals surface area contributed by atoms with Crippen molar-refractivity contribution in [3.63, 3.8) is 0 Å². The maximum atomic E-state index is 13.1. The SMILES string of the molecule is COC(=O)c1ccc(SCc2ccccc2)cc1Nc1ccc(F)cc1.O=C(O)c1ccc(SCc2ccccc2)cc1Nc1ccc(F)cc1. The van der Waals surface area contributed by atoms with Crippen LogP contribution in [0.4, 0.5) is 31.5 Å². The number of methoxy groups -OCH3 is 1. The van der Waals surface area contributed by atoms with Crippen molar-refractivity contribution >= 4 is 58.2 Å². The fraction of sp³-hybridized carbons (Fsp3) is 0.0732. The minimum atomic E-state index is -1.01. The number of anilines is 4. The Kier molecular flexibility index (Phi) is 13.3. The molecule has 0 saturated heterocycles. The zero-order valence-corrected chi connectivity index (χ0v) is 29.1. The molecule has 6 rings (SSSR count). The van der Waals surface area contributed by atoms with Crippen molar-refractivity contribution in [2.24, 2.45) is 0 Å². The highest BCUT2D eigenvalue weighted by molar-refractivity contribution is 7.98. The molecule has 0 aromatic heterocycles. The van der Waals surface area contributed by atoms with E-state index in [1.165, 1.54) is 42.5 Å². The molecule has 0 amide bonds. The number of hydrogen-bond acceptors (Lipinski definition) is 7. The highest BCUT2D eigenvalue weighted by Gasteiger charge is 2.14. The largest absolute Gasteiger partial charge is 0.478 e. The Hall–Kier alpha value is -5.58. The number of ether oxygens (including phenoxy) is 1. The fourth-order valence-electron chi connectivity index (χ4n) is 4.77. The van der Waals surface area contributed by atoms with Gasteiger partial charge in [-0.25, -0.2) is 18.4 Å². The van der Waals surface area contributed by atoms with Crippen molar-refractivity contribution in [2.45, 2.75) is 21.3 Å². The minimum Gasteiger partial charge on any atom is -0.478 e. The number of esters is 1. The van der Waals surface area contributed by atoms with E-state index in [2.05, 4.69) is 34.9 Å². The summed E-state index contributed by atoms with van der Waals surface area (Å²) in [5.74, 6) is -0.456. The average Bonchev–Trinajstić information content (AvgIpc) is 3.16. The number of benzene rings is 6. The van der Waals surface area contributed by atoms with Crippen LogP contribution < -0.4 is 10.6 Å². The number of carbonyl (C=O) groups is 2. The lowest BCUT2D eigenvalue weighted by molar-refractivity contribution is 0.0601. The molecule has 0 radical (unpaired) electrons. The van der Waals surface area contributed by atoms with Crippen molar-refractivity contribution in [3.8, 4) is 0 Å². The molecule has 51 heavy (non-hydrogen) atoms. The molecule has 6 aromatic carbocycles. The maximum absolute atomic E-state index is 13.1. The van der Waals surface area contributed by atoms with Gasteiger partial charge in [-0.15, -0.1) is 23.5 Å². The summed E-state index contributed by atoms with van der Waals surface area (Å²) in [5, 5.41) is 15.6. The standard InChI is InChI=1S/C21H18FNO2S.C20H16FNO2S/c1-25-21(24)19-12-11-18(26-14-15-5-3-2-4-6-15)13-20(19)23-17-9-7-16(22)8-10-17;21-15-6-8-16(9-7-15)22-19-12-17(10-11-18(19)20(23)24)25-13-14-4-2-1-3-5-14/h2-13,23H,14H2,1H3;1-12,22H,13H2,(H,23,24). The van der Waals surface area contributed by atoms with Crippen molar-refractivity contribution in [1.82, 2.24) is 0 Å². The first-order valence-corrected chi connectivity index (χ1v) is 17.7. The number of carbonyl (C=O) groups excluding carboxylic acids is 1. The third-order valence-corrected chi connectivity index (χ3v) is 9.49. The Morgan fingerprint density at radius 1 is 0.588 bits per heavy atom. The summed E-state index contributed by atoms with van der Waals surface area (Å²) in [6.07, 6.45) is 0. The summed E-state index contributed by atoms with van der Waals surface area (Å²) in [4.78, 5) is 25.5. The lowest BCUT2D eigenvalue weighted by Gasteiger charge is -2.13. The van der Waals surface area contributed by atoms with Gasteiger partial charge in [0.2, 0.25) is 0 Å². The number of halogens is 2. The average molecular weight is 721 g/mol. The van der Waals surface area contributed by atoms with Crippen LogP contribution in [0.2, 0.25) is 0 Å². The monoisotopic (exact) mass is 720 g/mol. The van der Waals surface area contributed by atoms with Gasteiger partial charge >= 0.3 is 11.9 Å². The lowest BCUT2D eigenvalue weighted by atomic mass is 10.1. The Bertz CT molecular complexity index is 2050. The second-order valence-electron chi connectivity index (χ2n) is 11.0. The van der Waals surface area contributed by atoms with Crippen LogP contribution in [0, 0.1) is 11.6 Å². The highest BCUT2D eigenvalue weighted by Crippen LogP contribution is 2.31. The number of aromatic carboxylic acids is 1. The second-order valence-corrected chi connectivity index (χ2v) is 13.1. The van der Waals surface area contributed by atoms with E-state index in [0.29, 0.717) is 28.3 Å². The molecule has 0 unspecified atom stereocenters. The molecule has 258 valence electrons. The zero-order chi connectivity index (χ0) is 36.0. The van der Waals surface area contributed by atoms with Crippen LogP contribution in [0.3, 0.4) is 0 Å². The highest BCUT2D eigenvalue weighted by atomic mass is 32.2. The Balaban J connectivity index is 0.000000198. The summed E-state index contributed by atoms with van der Waals surface area (Å²) >= 11 is 3.30. The Labute approximate surface area is 303 Å². The van der Waals surface area contributed by atoms with E-state index in [9.17, 15) is 23.5 Å². The van der Waals surface area contributed by atoms with Gasteiger partial charge < -0.3 is 20.5 Å². The molecule has 0 atom stereocenters.